The molecule has 0 bridgehead atoms. The van der Waals surface area contributed by atoms with E-state index < -0.39 is 151 Å². The molecule has 0 amide bonds. The summed E-state index contributed by atoms with van der Waals surface area (Å²) in [6.45, 7) is -0.483. The number of esters is 1. The van der Waals surface area contributed by atoms with Crippen molar-refractivity contribution in [2.24, 2.45) is 0 Å². The van der Waals surface area contributed by atoms with Gasteiger partial charge in [-0.25, -0.2) is 4.79 Å². The Balaban J connectivity index is 1.25. The molecule has 3 aromatic carbocycles. The lowest BCUT2D eigenvalue weighted by Gasteiger charge is -2.46. The van der Waals surface area contributed by atoms with Crippen molar-refractivity contribution in [3.05, 3.63) is 76.5 Å². The molecule has 0 unspecified atom stereocenters. The quantitative estimate of drug-likeness (QED) is 0.0406. The van der Waals surface area contributed by atoms with Gasteiger partial charge in [-0.15, -0.1) is 0 Å². The van der Waals surface area contributed by atoms with Gasteiger partial charge < -0.3 is 104 Å². The van der Waals surface area contributed by atoms with E-state index in [1.54, 1.807) is 0 Å². The van der Waals surface area contributed by atoms with Gasteiger partial charge in [0.2, 0.25) is 23.8 Å². The number of aliphatic hydroxyl groups excluding tert-OH is 9. The highest BCUT2D eigenvalue weighted by Gasteiger charge is 2.53. The lowest BCUT2D eigenvalue weighted by molar-refractivity contribution is -0.353. The van der Waals surface area contributed by atoms with Crippen molar-refractivity contribution < 1.29 is 109 Å². The second kappa shape index (κ2) is 19.4. The fourth-order valence-corrected chi connectivity index (χ4v) is 7.35. The van der Waals surface area contributed by atoms with Crippen molar-refractivity contribution in [1.82, 2.24) is 0 Å². The van der Waals surface area contributed by atoms with Crippen LogP contribution in [0.2, 0.25) is 0 Å². The van der Waals surface area contributed by atoms with Crippen molar-refractivity contribution in [2.75, 3.05) is 13.2 Å². The molecule has 0 spiro atoms. The molecule has 7 rings (SSSR count). The van der Waals surface area contributed by atoms with Crippen LogP contribution in [0.4, 0.5) is 0 Å². The monoisotopic (exact) mass is 918 g/mol. The van der Waals surface area contributed by atoms with Gasteiger partial charge in [-0.1, -0.05) is 6.07 Å². The van der Waals surface area contributed by atoms with Gasteiger partial charge in [-0.3, -0.25) is 4.79 Å². The molecule has 4 aromatic rings. The third-order valence-corrected chi connectivity index (χ3v) is 10.9. The number of aliphatic hydroxyl groups is 9. The van der Waals surface area contributed by atoms with Gasteiger partial charge in [-0.05, 0) is 55.0 Å². The molecule has 3 aliphatic rings. The van der Waals surface area contributed by atoms with Crippen LogP contribution in [0.5, 0.6) is 34.5 Å². The van der Waals surface area contributed by atoms with Gasteiger partial charge >= 0.3 is 5.97 Å². The van der Waals surface area contributed by atoms with E-state index in [4.69, 9.17) is 37.6 Å². The minimum atomic E-state index is -2.20. The van der Waals surface area contributed by atoms with Gasteiger partial charge in [0, 0.05) is 23.8 Å². The Morgan fingerprint density at radius 1 is 0.662 bits per heavy atom. The van der Waals surface area contributed by atoms with Gasteiger partial charge in [0.15, 0.2) is 29.7 Å². The zero-order valence-corrected chi connectivity index (χ0v) is 33.8. The number of rotatable bonds is 12. The topological polar surface area (TPSA) is 375 Å². The number of aromatic hydroxyl groups is 4. The van der Waals surface area contributed by atoms with Crippen LogP contribution in [0, 0.1) is 0 Å². The third kappa shape index (κ3) is 9.68. The Morgan fingerprint density at radius 2 is 1.31 bits per heavy atom. The fraction of sp³-hybridized carbons (Fsp3) is 0.429. The minimum Gasteiger partial charge on any atom is -0.508 e. The summed E-state index contributed by atoms with van der Waals surface area (Å²) in [6, 6.07) is 10.7. The van der Waals surface area contributed by atoms with E-state index in [-0.39, 0.29) is 28.2 Å². The lowest BCUT2D eigenvalue weighted by atomic mass is 9.96. The Bertz CT molecular complexity index is 2400. The molecule has 13 N–H and O–H groups in total. The fourth-order valence-electron chi connectivity index (χ4n) is 7.35. The van der Waals surface area contributed by atoms with Crippen LogP contribution < -0.4 is 14.9 Å². The van der Waals surface area contributed by atoms with E-state index in [0.29, 0.717) is 0 Å². The van der Waals surface area contributed by atoms with Crippen molar-refractivity contribution >= 4 is 23.0 Å². The van der Waals surface area contributed by atoms with Crippen LogP contribution in [0.25, 0.3) is 28.4 Å². The Hall–Kier alpha value is -5.64. The number of carbonyl (C=O) groups excluding carboxylic acids is 1. The highest BCUT2D eigenvalue weighted by Crippen LogP contribution is 2.40. The van der Waals surface area contributed by atoms with Crippen molar-refractivity contribution in [2.45, 2.75) is 99.0 Å². The first kappa shape index (κ1) is 47.3. The molecule has 0 aliphatic carbocycles. The van der Waals surface area contributed by atoms with E-state index in [1.165, 1.54) is 43.3 Å². The first-order chi connectivity index (χ1) is 30.9. The Morgan fingerprint density at radius 3 is 1.98 bits per heavy atom. The zero-order valence-electron chi connectivity index (χ0n) is 33.8. The summed E-state index contributed by atoms with van der Waals surface area (Å²) in [7, 11) is 0. The van der Waals surface area contributed by atoms with Gasteiger partial charge in [-0.2, -0.15) is 0 Å². The summed E-state index contributed by atoms with van der Waals surface area (Å²) in [5.41, 5.74) is -1.19. The van der Waals surface area contributed by atoms with Gasteiger partial charge in [0.25, 0.3) is 0 Å². The second-order valence-electron chi connectivity index (χ2n) is 15.4. The lowest BCUT2D eigenvalue weighted by Crippen LogP contribution is -2.66. The summed E-state index contributed by atoms with van der Waals surface area (Å²) >= 11 is 0. The highest BCUT2D eigenvalue weighted by atomic mass is 16.7. The van der Waals surface area contributed by atoms with Crippen LogP contribution in [0.15, 0.2) is 69.9 Å². The zero-order chi connectivity index (χ0) is 47.0. The number of ether oxygens (including phenoxy) is 7. The maximum Gasteiger partial charge on any atom is 0.331 e. The molecule has 23 nitrogen and oxygen atoms in total. The molecule has 3 fully saturated rings. The van der Waals surface area contributed by atoms with Crippen LogP contribution in [-0.4, -0.2) is 178 Å². The number of phenols is 4. The average Bonchev–Trinajstić information content (AvgIpc) is 3.28. The van der Waals surface area contributed by atoms with Crippen molar-refractivity contribution in [1.29, 1.82) is 0 Å². The van der Waals surface area contributed by atoms with E-state index in [1.807, 2.05) is 0 Å². The largest absolute Gasteiger partial charge is 0.508 e. The van der Waals surface area contributed by atoms with Crippen LogP contribution in [-0.2, 0) is 28.5 Å². The number of fused-ring (bicyclic) bond motifs is 1. The average molecular weight is 919 g/mol. The summed E-state index contributed by atoms with van der Waals surface area (Å²) in [4.78, 5) is 27.7. The second-order valence-corrected chi connectivity index (χ2v) is 15.4. The Kier molecular flexibility index (Phi) is 14.2. The van der Waals surface area contributed by atoms with E-state index in [9.17, 15) is 76.0 Å². The summed E-state index contributed by atoms with van der Waals surface area (Å²) < 4.78 is 46.0. The number of benzene rings is 3. The standard InChI is InChI=1S/C42H46O23/c1-15-28(50)31(53)33(55)40(58-15)59-19-11-22(48)27-23(12-19)60-36(17-4-6-18(45)7-5-17)38(30(27)52)64-42-35(57)39(65-41-34(56)32(54)29(51)24(13-43)61-41)37(25(14-44)62-42)63-26(49)9-3-16-2-8-20(46)21(47)10-16/h2-12,15,24-25,28-29,31-35,37,39-48,50-51,53-57H,13-14H2,1H3/b9-3+/t15-,24-,25-,28-,29+,31-,32-,33-,34+,35+,37+,39-,40-,41-,42-/m0/s1. The van der Waals surface area contributed by atoms with Crippen LogP contribution in [0.3, 0.4) is 0 Å². The number of phenolic OH excluding ortho intramolecular Hbond substituents is 4. The molecular formula is C42H46O23. The molecule has 3 aliphatic heterocycles. The van der Waals surface area contributed by atoms with Gasteiger partial charge in [0.05, 0.1) is 19.3 Å². The summed E-state index contributed by atoms with van der Waals surface area (Å²) in [5.74, 6) is -4.50. The van der Waals surface area contributed by atoms with Gasteiger partial charge in [0.1, 0.15) is 89.3 Å². The smallest absolute Gasteiger partial charge is 0.331 e. The molecule has 15 atom stereocenters. The molecule has 23 heteroatoms. The molecule has 1 aromatic heterocycles. The van der Waals surface area contributed by atoms with E-state index in [0.717, 1.165) is 30.3 Å². The molecule has 65 heavy (non-hydrogen) atoms. The van der Waals surface area contributed by atoms with E-state index in [2.05, 4.69) is 0 Å². The number of hydrogen-bond donors (Lipinski definition) is 13. The minimum absolute atomic E-state index is 0.0539. The molecule has 3 saturated heterocycles. The Labute approximate surface area is 365 Å². The van der Waals surface area contributed by atoms with Crippen LogP contribution >= 0.6 is 0 Å². The maximum absolute atomic E-state index is 14.4. The predicted molar refractivity (Wildman–Crippen MR) is 214 cm³/mol. The molecule has 0 radical (unpaired) electrons. The highest BCUT2D eigenvalue weighted by molar-refractivity contribution is 5.89. The number of hydrogen-bond acceptors (Lipinski definition) is 23. The molecule has 4 heterocycles. The first-order valence-electron chi connectivity index (χ1n) is 19.9. The van der Waals surface area contributed by atoms with Crippen molar-refractivity contribution in [3.63, 3.8) is 0 Å². The van der Waals surface area contributed by atoms with Crippen LogP contribution in [0.1, 0.15) is 12.5 Å². The van der Waals surface area contributed by atoms with E-state index >= 15 is 0 Å². The predicted octanol–water partition coefficient (Wildman–Crippen LogP) is -2.24. The SMILES string of the molecule is C[C@@H]1O[C@@H](Oc2cc(O)c3c(=O)c(O[C@@H]4O[C@@H](CO)[C@@H](OC(=O)/C=C/c5ccc(O)c(O)c5)[C@@H](O[C@@H]5O[C@@H](CO)[C@@H](O)[C@H](O)[C@H]5O)[C@H]4O)c(-c4ccc(O)cc4)oc3c2)[C@@H](O)[C@@H](O)[C@H]1O. The summed E-state index contributed by atoms with van der Waals surface area (Å²) in [6.07, 6.45) is -24.6. The first-order valence-corrected chi connectivity index (χ1v) is 19.9. The van der Waals surface area contributed by atoms with Crippen molar-refractivity contribution in [3.8, 4) is 45.8 Å². The summed E-state index contributed by atoms with van der Waals surface area (Å²) in [5, 5.41) is 135. The molecular weight excluding hydrogens is 872 g/mol. The maximum atomic E-state index is 14.4. The molecule has 0 saturated carbocycles. The number of carbonyl (C=O) groups is 1. The third-order valence-electron chi connectivity index (χ3n) is 10.9. The normalized spacial score (nSPS) is 32.9. The molecule has 352 valence electrons.